The van der Waals surface area contributed by atoms with E-state index in [1.165, 1.54) is 4.90 Å². The number of pyridine rings is 1. The third-order valence-corrected chi connectivity index (χ3v) is 6.80. The van der Waals surface area contributed by atoms with Gasteiger partial charge in [0, 0.05) is 24.5 Å². The van der Waals surface area contributed by atoms with Crippen molar-refractivity contribution in [2.75, 3.05) is 6.61 Å². The molecule has 0 bridgehead atoms. The number of rotatable bonds is 9. The Balaban J connectivity index is 1.58. The van der Waals surface area contributed by atoms with E-state index in [1.54, 1.807) is 36.7 Å². The fourth-order valence-corrected chi connectivity index (χ4v) is 4.85. The predicted octanol–water partition coefficient (Wildman–Crippen LogP) is 6.84. The van der Waals surface area contributed by atoms with E-state index < -0.39 is 17.7 Å². The van der Waals surface area contributed by atoms with Crippen molar-refractivity contribution in [1.82, 2.24) is 9.88 Å². The maximum absolute atomic E-state index is 13.6. The van der Waals surface area contributed by atoms with Gasteiger partial charge in [-0.3, -0.25) is 14.6 Å². The summed E-state index contributed by atoms with van der Waals surface area (Å²) >= 11 is 0. The van der Waals surface area contributed by atoms with E-state index in [4.69, 9.17) is 9.47 Å². The number of aryl methyl sites for hydroxylation is 1. The number of ketones is 1. The molecular formula is C34H32N2O5. The van der Waals surface area contributed by atoms with E-state index in [0.29, 0.717) is 40.9 Å². The fourth-order valence-electron chi connectivity index (χ4n) is 4.85. The Morgan fingerprint density at radius 1 is 0.927 bits per heavy atom. The van der Waals surface area contributed by atoms with E-state index >= 15 is 0 Å². The number of aliphatic hydroxyl groups is 1. The molecule has 7 nitrogen and oxygen atoms in total. The van der Waals surface area contributed by atoms with Gasteiger partial charge in [-0.1, -0.05) is 50.2 Å². The first kappa shape index (κ1) is 27.6. The SMILES string of the molecule is Cc1cc(OCC(C)C)ccc1C(O)=C1C(=O)C(=O)N(Cc2cccnc2)[C@H]1c1cccc(Oc2ccccc2)c1. The normalized spacial score (nSPS) is 16.3. The number of ether oxygens (including phenoxy) is 2. The van der Waals surface area contributed by atoms with Crippen molar-refractivity contribution in [3.63, 3.8) is 0 Å². The summed E-state index contributed by atoms with van der Waals surface area (Å²) in [5.74, 6) is 0.569. The number of carbonyl (C=O) groups is 2. The summed E-state index contributed by atoms with van der Waals surface area (Å²) in [4.78, 5) is 32.7. The highest BCUT2D eigenvalue weighted by atomic mass is 16.5. The molecule has 1 amide bonds. The molecule has 0 aliphatic carbocycles. The lowest BCUT2D eigenvalue weighted by atomic mass is 9.93. The summed E-state index contributed by atoms with van der Waals surface area (Å²) in [6.45, 7) is 6.68. The molecule has 3 aromatic carbocycles. The number of hydrogen-bond acceptors (Lipinski definition) is 6. The van der Waals surface area contributed by atoms with Gasteiger partial charge in [0.25, 0.3) is 11.7 Å². The van der Waals surface area contributed by atoms with Crippen molar-refractivity contribution >= 4 is 17.4 Å². The zero-order chi connectivity index (χ0) is 28.9. The van der Waals surface area contributed by atoms with E-state index in [1.807, 2.05) is 67.6 Å². The first-order valence-electron chi connectivity index (χ1n) is 13.6. The van der Waals surface area contributed by atoms with Gasteiger partial charge in [0.1, 0.15) is 23.0 Å². The number of amides is 1. The van der Waals surface area contributed by atoms with Crippen LogP contribution < -0.4 is 9.47 Å². The molecule has 7 heteroatoms. The zero-order valence-electron chi connectivity index (χ0n) is 23.3. The highest BCUT2D eigenvalue weighted by molar-refractivity contribution is 6.46. The maximum atomic E-state index is 13.6. The van der Waals surface area contributed by atoms with Crippen molar-refractivity contribution in [2.45, 2.75) is 33.4 Å². The quantitative estimate of drug-likeness (QED) is 0.140. The minimum atomic E-state index is -0.842. The first-order chi connectivity index (χ1) is 19.8. The molecule has 0 unspecified atom stereocenters. The van der Waals surface area contributed by atoms with Gasteiger partial charge in [0.2, 0.25) is 0 Å². The van der Waals surface area contributed by atoms with E-state index in [-0.39, 0.29) is 17.9 Å². The molecule has 2 heterocycles. The molecule has 1 N–H and O–H groups in total. The van der Waals surface area contributed by atoms with Crippen LogP contribution >= 0.6 is 0 Å². The second-order valence-corrected chi connectivity index (χ2v) is 10.5. The van der Waals surface area contributed by atoms with Crippen LogP contribution in [0.3, 0.4) is 0 Å². The topological polar surface area (TPSA) is 89.0 Å². The smallest absolute Gasteiger partial charge is 0.295 e. The Morgan fingerprint density at radius 3 is 2.41 bits per heavy atom. The molecular weight excluding hydrogens is 516 g/mol. The average molecular weight is 549 g/mol. The molecule has 41 heavy (non-hydrogen) atoms. The summed E-state index contributed by atoms with van der Waals surface area (Å²) in [6, 6.07) is 24.7. The van der Waals surface area contributed by atoms with Gasteiger partial charge in [-0.15, -0.1) is 0 Å². The molecule has 1 fully saturated rings. The molecule has 1 aliphatic rings. The molecule has 1 aromatic heterocycles. The standard InChI is InChI=1S/C34H32N2O5/c1-22(2)21-40-27-14-15-29(23(3)17-27)32(37)30-31(36(34(39)33(30)38)20-24-9-8-16-35-19-24)25-10-7-13-28(18-25)41-26-11-5-4-6-12-26/h4-19,22,31,37H,20-21H2,1-3H3/t31-/m0/s1. The molecule has 5 rings (SSSR count). The van der Waals surface area contributed by atoms with Crippen molar-refractivity contribution in [3.05, 3.63) is 125 Å². The molecule has 0 spiro atoms. The maximum Gasteiger partial charge on any atom is 0.295 e. The van der Waals surface area contributed by atoms with Crippen LogP contribution in [0.25, 0.3) is 5.76 Å². The summed E-state index contributed by atoms with van der Waals surface area (Å²) in [7, 11) is 0. The molecule has 0 saturated carbocycles. The minimum Gasteiger partial charge on any atom is -0.507 e. The van der Waals surface area contributed by atoms with E-state index in [9.17, 15) is 14.7 Å². The van der Waals surface area contributed by atoms with Gasteiger partial charge in [-0.05, 0) is 78.1 Å². The lowest BCUT2D eigenvalue weighted by molar-refractivity contribution is -0.140. The van der Waals surface area contributed by atoms with Gasteiger partial charge in [-0.2, -0.15) is 0 Å². The number of likely N-dealkylation sites (tertiary alicyclic amines) is 1. The van der Waals surface area contributed by atoms with Crippen LogP contribution in [0.5, 0.6) is 17.2 Å². The average Bonchev–Trinajstić information content (AvgIpc) is 3.22. The zero-order valence-corrected chi connectivity index (χ0v) is 23.3. The Labute approximate surface area is 239 Å². The van der Waals surface area contributed by atoms with Crippen molar-refractivity contribution in [2.24, 2.45) is 5.92 Å². The van der Waals surface area contributed by atoms with Crippen LogP contribution in [-0.4, -0.2) is 33.3 Å². The molecule has 1 saturated heterocycles. The molecule has 208 valence electrons. The number of para-hydroxylation sites is 1. The molecule has 4 aromatic rings. The number of hydrogen-bond donors (Lipinski definition) is 1. The van der Waals surface area contributed by atoms with Gasteiger partial charge in [0.15, 0.2) is 0 Å². The van der Waals surface area contributed by atoms with Gasteiger partial charge < -0.3 is 19.5 Å². The molecule has 1 aliphatic heterocycles. The highest BCUT2D eigenvalue weighted by Crippen LogP contribution is 2.42. The number of carbonyl (C=O) groups excluding carboxylic acids is 2. The largest absolute Gasteiger partial charge is 0.507 e. The summed E-state index contributed by atoms with van der Waals surface area (Å²) < 4.78 is 11.9. The number of benzene rings is 3. The second-order valence-electron chi connectivity index (χ2n) is 10.5. The van der Waals surface area contributed by atoms with Crippen molar-refractivity contribution in [3.8, 4) is 17.2 Å². The minimum absolute atomic E-state index is 0.0229. The highest BCUT2D eigenvalue weighted by Gasteiger charge is 2.46. The fraction of sp³-hybridized carbons (Fsp3) is 0.206. The summed E-state index contributed by atoms with van der Waals surface area (Å²) in [5.41, 5.74) is 2.61. The number of aliphatic hydroxyl groups excluding tert-OH is 1. The predicted molar refractivity (Wildman–Crippen MR) is 157 cm³/mol. The van der Waals surface area contributed by atoms with Crippen molar-refractivity contribution in [1.29, 1.82) is 0 Å². The lowest BCUT2D eigenvalue weighted by Crippen LogP contribution is -2.29. The summed E-state index contributed by atoms with van der Waals surface area (Å²) in [6.07, 6.45) is 3.31. The van der Waals surface area contributed by atoms with Crippen LogP contribution in [0.1, 0.15) is 42.1 Å². The first-order valence-corrected chi connectivity index (χ1v) is 13.6. The van der Waals surface area contributed by atoms with Gasteiger partial charge >= 0.3 is 0 Å². The number of Topliss-reactive ketones (excluding diaryl/α,β-unsaturated/α-hetero) is 1. The van der Waals surface area contributed by atoms with Crippen LogP contribution in [0.15, 0.2) is 103 Å². The number of aromatic nitrogens is 1. The van der Waals surface area contributed by atoms with Gasteiger partial charge in [0.05, 0.1) is 18.2 Å². The Morgan fingerprint density at radius 2 is 1.71 bits per heavy atom. The number of nitrogens with zero attached hydrogens (tertiary/aromatic N) is 2. The van der Waals surface area contributed by atoms with Crippen molar-refractivity contribution < 1.29 is 24.2 Å². The second kappa shape index (κ2) is 12.1. The molecule has 1 atom stereocenters. The monoisotopic (exact) mass is 548 g/mol. The Bertz CT molecular complexity index is 1580. The van der Waals surface area contributed by atoms with E-state index in [0.717, 1.165) is 11.1 Å². The molecule has 0 radical (unpaired) electrons. The van der Waals surface area contributed by atoms with Gasteiger partial charge in [-0.25, -0.2) is 0 Å². The van der Waals surface area contributed by atoms with Crippen LogP contribution in [-0.2, 0) is 16.1 Å². The third kappa shape index (κ3) is 6.14. The summed E-state index contributed by atoms with van der Waals surface area (Å²) in [5, 5.41) is 11.6. The Kier molecular flexibility index (Phi) is 8.15. The third-order valence-electron chi connectivity index (χ3n) is 6.80. The van der Waals surface area contributed by atoms with Crippen LogP contribution in [0.4, 0.5) is 0 Å². The van der Waals surface area contributed by atoms with Crippen LogP contribution in [0, 0.1) is 12.8 Å². The Hall–Kier alpha value is -4.91. The van der Waals surface area contributed by atoms with Crippen LogP contribution in [0.2, 0.25) is 0 Å². The van der Waals surface area contributed by atoms with E-state index in [2.05, 4.69) is 18.8 Å². The lowest BCUT2D eigenvalue weighted by Gasteiger charge is -2.26.